The number of nitrogens with zero attached hydrogens (tertiary/aromatic N) is 3. The lowest BCUT2D eigenvalue weighted by Crippen LogP contribution is -2.51. The molecule has 0 atom stereocenters. The Kier molecular flexibility index (Phi) is 4.90. The zero-order valence-electron chi connectivity index (χ0n) is 12.7. The Hall–Kier alpha value is -1.66. The van der Waals surface area contributed by atoms with Crippen molar-refractivity contribution in [2.24, 2.45) is 0 Å². The van der Waals surface area contributed by atoms with Crippen molar-refractivity contribution >= 4 is 11.6 Å². The van der Waals surface area contributed by atoms with E-state index in [9.17, 15) is 9.18 Å². The van der Waals surface area contributed by atoms with Crippen LogP contribution in [-0.2, 0) is 9.53 Å². The van der Waals surface area contributed by atoms with Gasteiger partial charge in [-0.3, -0.25) is 9.69 Å². The van der Waals surface area contributed by atoms with Gasteiger partial charge in [-0.2, -0.15) is 0 Å². The highest BCUT2D eigenvalue weighted by atomic mass is 19.1. The molecular formula is C16H22FN3O2. The number of benzene rings is 1. The van der Waals surface area contributed by atoms with Crippen LogP contribution in [0.25, 0.3) is 0 Å². The first-order chi connectivity index (χ1) is 10.7. The maximum Gasteiger partial charge on any atom is 0.236 e. The molecule has 3 rings (SSSR count). The molecule has 0 aliphatic carbocycles. The summed E-state index contributed by atoms with van der Waals surface area (Å²) in [4.78, 5) is 18.3. The quantitative estimate of drug-likeness (QED) is 0.828. The van der Waals surface area contributed by atoms with Gasteiger partial charge in [0.1, 0.15) is 5.82 Å². The highest BCUT2D eigenvalue weighted by Gasteiger charge is 2.23. The van der Waals surface area contributed by atoms with Crippen LogP contribution in [-0.4, -0.2) is 74.7 Å². The molecule has 0 bridgehead atoms. The summed E-state index contributed by atoms with van der Waals surface area (Å²) in [6.07, 6.45) is 0. The summed E-state index contributed by atoms with van der Waals surface area (Å²) < 4.78 is 19.1. The van der Waals surface area contributed by atoms with E-state index in [0.29, 0.717) is 38.5 Å². The molecule has 1 amide bonds. The van der Waals surface area contributed by atoms with Crippen molar-refractivity contribution in [3.8, 4) is 0 Å². The highest BCUT2D eigenvalue weighted by molar-refractivity contribution is 5.78. The molecule has 6 heteroatoms. The van der Waals surface area contributed by atoms with Crippen molar-refractivity contribution < 1.29 is 13.9 Å². The molecule has 0 saturated carbocycles. The summed E-state index contributed by atoms with van der Waals surface area (Å²) in [5, 5.41) is 0. The zero-order chi connectivity index (χ0) is 15.4. The molecule has 2 saturated heterocycles. The van der Waals surface area contributed by atoms with Gasteiger partial charge in [0.2, 0.25) is 5.91 Å². The van der Waals surface area contributed by atoms with E-state index in [1.807, 2.05) is 21.9 Å². The van der Waals surface area contributed by atoms with Gasteiger partial charge in [-0.15, -0.1) is 0 Å². The van der Waals surface area contributed by atoms with E-state index in [1.165, 1.54) is 6.07 Å². The molecular weight excluding hydrogens is 285 g/mol. The van der Waals surface area contributed by atoms with Crippen LogP contribution >= 0.6 is 0 Å². The maximum atomic E-state index is 13.8. The second kappa shape index (κ2) is 7.07. The Bertz CT molecular complexity index is 512. The summed E-state index contributed by atoms with van der Waals surface area (Å²) in [6, 6.07) is 6.86. The average Bonchev–Trinajstić information content (AvgIpc) is 2.57. The van der Waals surface area contributed by atoms with Crippen LogP contribution in [0.3, 0.4) is 0 Å². The van der Waals surface area contributed by atoms with Crippen LogP contribution in [0.4, 0.5) is 10.1 Å². The highest BCUT2D eigenvalue weighted by Crippen LogP contribution is 2.20. The number of ether oxygens (including phenoxy) is 1. The molecule has 0 aromatic heterocycles. The van der Waals surface area contributed by atoms with Crippen LogP contribution in [0.2, 0.25) is 0 Å². The lowest BCUT2D eigenvalue weighted by molar-refractivity contribution is -0.136. The van der Waals surface area contributed by atoms with Crippen LogP contribution in [0.15, 0.2) is 24.3 Å². The van der Waals surface area contributed by atoms with Gasteiger partial charge in [0, 0.05) is 39.3 Å². The number of morpholine rings is 1. The number of carbonyl (C=O) groups excluding carboxylic acids is 1. The molecule has 2 heterocycles. The third-order valence-corrected chi connectivity index (χ3v) is 4.29. The Morgan fingerprint density at radius 3 is 2.41 bits per heavy atom. The molecule has 120 valence electrons. The molecule has 22 heavy (non-hydrogen) atoms. The number of rotatable bonds is 3. The first kappa shape index (κ1) is 15.2. The van der Waals surface area contributed by atoms with E-state index < -0.39 is 0 Å². The Morgan fingerprint density at radius 2 is 1.73 bits per heavy atom. The van der Waals surface area contributed by atoms with Gasteiger partial charge in [0.25, 0.3) is 0 Å². The number of hydrogen-bond donors (Lipinski definition) is 0. The van der Waals surface area contributed by atoms with Crippen molar-refractivity contribution in [1.82, 2.24) is 9.80 Å². The molecule has 5 nitrogen and oxygen atoms in total. The SMILES string of the molecule is O=C(CN1CCN(c2ccccc2F)CC1)N1CCOCC1. The number of piperazine rings is 1. The number of halogens is 1. The fourth-order valence-corrected chi connectivity index (χ4v) is 2.96. The largest absolute Gasteiger partial charge is 0.378 e. The predicted octanol–water partition coefficient (Wildman–Crippen LogP) is 0.806. The van der Waals surface area contributed by atoms with Crippen LogP contribution in [0.5, 0.6) is 0 Å². The summed E-state index contributed by atoms with van der Waals surface area (Å²) in [5.74, 6) is -0.0111. The van der Waals surface area contributed by atoms with E-state index in [-0.39, 0.29) is 11.7 Å². The van der Waals surface area contributed by atoms with Crippen LogP contribution in [0.1, 0.15) is 0 Å². The van der Waals surface area contributed by atoms with E-state index >= 15 is 0 Å². The van der Waals surface area contributed by atoms with Crippen molar-refractivity contribution in [3.05, 3.63) is 30.1 Å². The van der Waals surface area contributed by atoms with Crippen LogP contribution in [0, 0.1) is 5.82 Å². The van der Waals surface area contributed by atoms with Gasteiger partial charge in [0.15, 0.2) is 0 Å². The average molecular weight is 307 g/mol. The van der Waals surface area contributed by atoms with Gasteiger partial charge in [0.05, 0.1) is 25.4 Å². The van der Waals surface area contributed by atoms with E-state index in [2.05, 4.69) is 4.90 Å². The molecule has 2 aliphatic heterocycles. The fourth-order valence-electron chi connectivity index (χ4n) is 2.96. The van der Waals surface area contributed by atoms with Gasteiger partial charge < -0.3 is 14.5 Å². The lowest BCUT2D eigenvalue weighted by Gasteiger charge is -2.37. The lowest BCUT2D eigenvalue weighted by atomic mass is 10.2. The third-order valence-electron chi connectivity index (χ3n) is 4.29. The second-order valence-electron chi connectivity index (χ2n) is 5.71. The summed E-state index contributed by atoms with van der Waals surface area (Å²) in [7, 11) is 0. The van der Waals surface area contributed by atoms with Crippen molar-refractivity contribution in [1.29, 1.82) is 0 Å². The third kappa shape index (κ3) is 3.56. The molecule has 2 aliphatic rings. The second-order valence-corrected chi connectivity index (χ2v) is 5.71. The molecule has 1 aromatic carbocycles. The summed E-state index contributed by atoms with van der Waals surface area (Å²) in [6.45, 7) is 6.15. The fraction of sp³-hybridized carbons (Fsp3) is 0.562. The summed E-state index contributed by atoms with van der Waals surface area (Å²) >= 11 is 0. The molecule has 0 spiro atoms. The van der Waals surface area contributed by atoms with Crippen molar-refractivity contribution in [2.45, 2.75) is 0 Å². The molecule has 2 fully saturated rings. The minimum absolute atomic E-state index is 0.169. The van der Waals surface area contributed by atoms with E-state index in [4.69, 9.17) is 4.74 Å². The number of para-hydroxylation sites is 1. The van der Waals surface area contributed by atoms with Crippen LogP contribution < -0.4 is 4.90 Å². The van der Waals surface area contributed by atoms with Gasteiger partial charge >= 0.3 is 0 Å². The Morgan fingerprint density at radius 1 is 1.05 bits per heavy atom. The zero-order valence-corrected chi connectivity index (χ0v) is 12.7. The molecule has 1 aromatic rings. The monoisotopic (exact) mass is 307 g/mol. The molecule has 0 radical (unpaired) electrons. The topological polar surface area (TPSA) is 36.0 Å². The first-order valence-electron chi connectivity index (χ1n) is 7.81. The number of amides is 1. The summed E-state index contributed by atoms with van der Waals surface area (Å²) in [5.41, 5.74) is 0.654. The first-order valence-corrected chi connectivity index (χ1v) is 7.81. The van der Waals surface area contributed by atoms with Crippen molar-refractivity contribution in [3.63, 3.8) is 0 Å². The number of hydrogen-bond acceptors (Lipinski definition) is 4. The van der Waals surface area contributed by atoms with Gasteiger partial charge in [-0.1, -0.05) is 12.1 Å². The maximum absolute atomic E-state index is 13.8. The van der Waals surface area contributed by atoms with E-state index in [1.54, 1.807) is 6.07 Å². The Balaban J connectivity index is 1.49. The standard InChI is InChI=1S/C16H22FN3O2/c17-14-3-1-2-4-15(14)19-7-5-18(6-8-19)13-16(21)20-9-11-22-12-10-20/h1-4H,5-13H2. The van der Waals surface area contributed by atoms with Gasteiger partial charge in [-0.05, 0) is 12.1 Å². The minimum Gasteiger partial charge on any atom is -0.378 e. The number of carbonyl (C=O) groups is 1. The Labute approximate surface area is 130 Å². The number of anilines is 1. The minimum atomic E-state index is -0.180. The van der Waals surface area contributed by atoms with Crippen molar-refractivity contribution in [2.75, 3.05) is 63.9 Å². The van der Waals surface area contributed by atoms with E-state index in [0.717, 1.165) is 26.2 Å². The predicted molar refractivity (Wildman–Crippen MR) is 82.5 cm³/mol. The molecule has 0 unspecified atom stereocenters. The van der Waals surface area contributed by atoms with Gasteiger partial charge in [-0.25, -0.2) is 4.39 Å². The normalized spacial score (nSPS) is 20.2. The molecule has 0 N–H and O–H groups in total. The smallest absolute Gasteiger partial charge is 0.236 e.